The maximum atomic E-state index is 5.40. The summed E-state index contributed by atoms with van der Waals surface area (Å²) in [4.78, 5) is 9.01. The Balaban J connectivity index is 1.62. The second-order valence-electron chi connectivity index (χ2n) is 5.59. The predicted molar refractivity (Wildman–Crippen MR) is 84.0 cm³/mol. The summed E-state index contributed by atoms with van der Waals surface area (Å²) in [6.45, 7) is 1.23. The Kier molecular flexibility index (Phi) is 3.39. The fraction of sp³-hybridized carbons (Fsp3) is 0.375. The number of ether oxygens (including phenoxy) is 1. The number of rotatable bonds is 2. The first-order valence-electron chi connectivity index (χ1n) is 7.27. The fourth-order valence-corrected chi connectivity index (χ4v) is 3.47. The van der Waals surface area contributed by atoms with E-state index in [9.17, 15) is 0 Å². The summed E-state index contributed by atoms with van der Waals surface area (Å²) in [5, 5.41) is 3.50. The molecule has 4 rings (SSSR count). The smallest absolute Gasteiger partial charge is 0.223 e. The molecule has 0 spiro atoms. The Labute approximate surface area is 132 Å². The molecule has 1 aromatic carbocycles. The Morgan fingerprint density at radius 3 is 3.14 bits per heavy atom. The average Bonchev–Trinajstić information content (AvgIpc) is 2.95. The van der Waals surface area contributed by atoms with Gasteiger partial charge in [-0.25, -0.2) is 9.97 Å². The van der Waals surface area contributed by atoms with E-state index in [1.807, 2.05) is 6.20 Å². The van der Waals surface area contributed by atoms with E-state index in [1.54, 1.807) is 0 Å². The molecule has 2 heterocycles. The summed E-state index contributed by atoms with van der Waals surface area (Å²) in [6, 6.07) is 6.82. The van der Waals surface area contributed by atoms with Crippen molar-refractivity contribution in [2.24, 2.45) is 0 Å². The van der Waals surface area contributed by atoms with E-state index in [-0.39, 0.29) is 6.04 Å². The van der Waals surface area contributed by atoms with Crippen LogP contribution in [0.3, 0.4) is 0 Å². The second kappa shape index (κ2) is 5.39. The monoisotopic (exact) mass is 345 g/mol. The van der Waals surface area contributed by atoms with Crippen LogP contribution in [0.1, 0.15) is 41.3 Å². The van der Waals surface area contributed by atoms with Gasteiger partial charge in [0.1, 0.15) is 0 Å². The fourth-order valence-electron chi connectivity index (χ4n) is 3.09. The molecule has 0 saturated heterocycles. The summed E-state index contributed by atoms with van der Waals surface area (Å²) in [5.41, 5.74) is 4.90. The number of aromatic nitrogens is 2. The van der Waals surface area contributed by atoms with Crippen molar-refractivity contribution in [3.8, 4) is 0 Å². The van der Waals surface area contributed by atoms with Gasteiger partial charge in [0.15, 0.2) is 0 Å². The molecule has 0 amide bonds. The lowest BCUT2D eigenvalue weighted by Crippen LogP contribution is -2.19. The van der Waals surface area contributed by atoms with Crippen LogP contribution < -0.4 is 5.32 Å². The van der Waals surface area contributed by atoms with Crippen LogP contribution in [0.25, 0.3) is 0 Å². The van der Waals surface area contributed by atoms with Gasteiger partial charge in [-0.2, -0.15) is 0 Å². The number of nitrogens with zero attached hydrogens (tertiary/aromatic N) is 2. The molecule has 1 atom stereocenters. The van der Waals surface area contributed by atoms with Gasteiger partial charge in [-0.05, 0) is 42.5 Å². The van der Waals surface area contributed by atoms with Gasteiger partial charge < -0.3 is 10.1 Å². The van der Waals surface area contributed by atoms with Crippen LogP contribution in [0, 0.1) is 0 Å². The topological polar surface area (TPSA) is 47.0 Å². The zero-order valence-electron chi connectivity index (χ0n) is 11.6. The van der Waals surface area contributed by atoms with E-state index in [4.69, 9.17) is 4.74 Å². The average molecular weight is 346 g/mol. The zero-order chi connectivity index (χ0) is 14.2. The van der Waals surface area contributed by atoms with Gasteiger partial charge in [0.05, 0.1) is 24.9 Å². The molecule has 1 aliphatic heterocycles. The normalized spacial score (nSPS) is 20.0. The Hall–Kier alpha value is -1.46. The van der Waals surface area contributed by atoms with Gasteiger partial charge in [-0.3, -0.25) is 0 Å². The van der Waals surface area contributed by atoms with E-state index >= 15 is 0 Å². The number of halogens is 1. The lowest BCUT2D eigenvalue weighted by molar-refractivity contribution is 0.133. The van der Waals surface area contributed by atoms with Crippen LogP contribution in [0.15, 0.2) is 28.9 Å². The summed E-state index contributed by atoms with van der Waals surface area (Å²) >= 11 is 3.57. The van der Waals surface area contributed by atoms with Gasteiger partial charge >= 0.3 is 0 Å². The first kappa shape index (κ1) is 13.2. The van der Waals surface area contributed by atoms with E-state index < -0.39 is 0 Å². The minimum absolute atomic E-state index is 0.284. The van der Waals surface area contributed by atoms with Crippen LogP contribution >= 0.6 is 15.9 Å². The quantitative estimate of drug-likeness (QED) is 0.900. The number of aryl methyl sites for hydroxylation is 1. The van der Waals surface area contributed by atoms with Gasteiger partial charge in [-0.15, -0.1) is 0 Å². The van der Waals surface area contributed by atoms with Crippen LogP contribution in [0.2, 0.25) is 0 Å². The molecule has 0 saturated carbocycles. The van der Waals surface area contributed by atoms with Crippen molar-refractivity contribution in [2.45, 2.75) is 38.5 Å². The Morgan fingerprint density at radius 2 is 2.19 bits per heavy atom. The van der Waals surface area contributed by atoms with E-state index in [0.717, 1.165) is 28.6 Å². The highest BCUT2D eigenvalue weighted by Crippen LogP contribution is 2.33. The van der Waals surface area contributed by atoms with Crippen LogP contribution in [0.4, 0.5) is 5.95 Å². The van der Waals surface area contributed by atoms with Crippen molar-refractivity contribution in [2.75, 3.05) is 5.32 Å². The number of fused-ring (bicyclic) bond motifs is 2. The van der Waals surface area contributed by atoms with Crippen molar-refractivity contribution >= 4 is 21.9 Å². The highest BCUT2D eigenvalue weighted by atomic mass is 79.9. The van der Waals surface area contributed by atoms with Gasteiger partial charge in [0, 0.05) is 16.2 Å². The number of anilines is 1. The molecule has 1 aliphatic carbocycles. The van der Waals surface area contributed by atoms with Crippen LogP contribution in [-0.4, -0.2) is 9.97 Å². The summed E-state index contributed by atoms with van der Waals surface area (Å²) in [5.74, 6) is 0.706. The summed E-state index contributed by atoms with van der Waals surface area (Å²) in [7, 11) is 0. The van der Waals surface area contributed by atoms with Crippen LogP contribution in [-0.2, 0) is 24.4 Å². The lowest BCUT2D eigenvalue weighted by Gasteiger charge is -2.26. The van der Waals surface area contributed by atoms with Crippen LogP contribution in [0.5, 0.6) is 0 Å². The predicted octanol–water partition coefficient (Wildman–Crippen LogP) is 3.76. The van der Waals surface area contributed by atoms with Crippen molar-refractivity contribution in [3.05, 3.63) is 51.3 Å². The lowest BCUT2D eigenvalue weighted by atomic mass is 9.88. The van der Waals surface area contributed by atoms with E-state index in [1.165, 1.54) is 17.5 Å². The molecule has 1 N–H and O–H groups in total. The number of hydrogen-bond acceptors (Lipinski definition) is 4. The molecular formula is C16H16BrN3O. The minimum atomic E-state index is 0.284. The number of nitrogens with one attached hydrogen (secondary N) is 1. The van der Waals surface area contributed by atoms with Crippen molar-refractivity contribution < 1.29 is 4.74 Å². The number of benzene rings is 1. The minimum Gasteiger partial charge on any atom is -0.370 e. The van der Waals surface area contributed by atoms with Gasteiger partial charge in [0.2, 0.25) is 5.95 Å². The first-order chi connectivity index (χ1) is 10.3. The Morgan fingerprint density at radius 1 is 1.24 bits per heavy atom. The van der Waals surface area contributed by atoms with E-state index in [2.05, 4.69) is 49.4 Å². The summed E-state index contributed by atoms with van der Waals surface area (Å²) in [6.07, 6.45) is 5.34. The largest absolute Gasteiger partial charge is 0.370 e. The molecule has 4 nitrogen and oxygen atoms in total. The molecule has 0 radical (unpaired) electrons. The SMILES string of the molecule is Brc1ccc2c(c1)[C@@H](Nc1ncc3c(n1)COC3)CCC2. The van der Waals surface area contributed by atoms with Crippen molar-refractivity contribution in [1.82, 2.24) is 9.97 Å². The second-order valence-corrected chi connectivity index (χ2v) is 6.51. The highest BCUT2D eigenvalue weighted by Gasteiger charge is 2.22. The van der Waals surface area contributed by atoms with E-state index in [0.29, 0.717) is 19.2 Å². The Bertz CT molecular complexity index is 689. The third-order valence-corrected chi connectivity index (χ3v) is 4.67. The molecule has 2 aromatic rings. The molecule has 0 bridgehead atoms. The third-order valence-electron chi connectivity index (χ3n) is 4.18. The zero-order valence-corrected chi connectivity index (χ0v) is 13.2. The molecule has 21 heavy (non-hydrogen) atoms. The van der Waals surface area contributed by atoms with Gasteiger partial charge in [-0.1, -0.05) is 22.0 Å². The van der Waals surface area contributed by atoms with Crippen molar-refractivity contribution in [3.63, 3.8) is 0 Å². The maximum Gasteiger partial charge on any atom is 0.223 e. The first-order valence-corrected chi connectivity index (χ1v) is 8.06. The maximum absolute atomic E-state index is 5.40. The molecule has 0 unspecified atom stereocenters. The molecule has 5 heteroatoms. The van der Waals surface area contributed by atoms with Gasteiger partial charge in [0.25, 0.3) is 0 Å². The molecular weight excluding hydrogens is 330 g/mol. The molecule has 1 aromatic heterocycles. The number of hydrogen-bond donors (Lipinski definition) is 1. The summed E-state index contributed by atoms with van der Waals surface area (Å²) < 4.78 is 6.52. The third kappa shape index (κ3) is 2.56. The molecule has 108 valence electrons. The standard InChI is InChI=1S/C16H16BrN3O/c17-12-5-4-10-2-1-3-14(13(10)6-12)19-16-18-7-11-8-21-9-15(11)20-16/h4-7,14H,1-3,8-9H2,(H,18,19,20)/t14-/m0/s1. The van der Waals surface area contributed by atoms with Crippen molar-refractivity contribution in [1.29, 1.82) is 0 Å². The molecule has 0 fully saturated rings. The highest BCUT2D eigenvalue weighted by molar-refractivity contribution is 9.10. The molecule has 2 aliphatic rings.